The predicted octanol–water partition coefficient (Wildman–Crippen LogP) is 0.593. The zero-order valence-corrected chi connectivity index (χ0v) is 8.69. The number of ether oxygens (including phenoxy) is 2. The molecule has 1 radical (unpaired) electrons. The van der Waals surface area contributed by atoms with Gasteiger partial charge in [0.2, 0.25) is 0 Å². The number of morpholine rings is 1. The van der Waals surface area contributed by atoms with Gasteiger partial charge in [0.25, 0.3) is 0 Å². The molecule has 4 heteroatoms. The Labute approximate surface area is 89.8 Å². The smallest absolute Gasteiger partial charge is 0.147 e. The Bertz CT molecular complexity index is 273. The summed E-state index contributed by atoms with van der Waals surface area (Å²) in [5.74, 6) is 0.714. The highest BCUT2D eigenvalue weighted by molar-refractivity contribution is 5.13. The van der Waals surface area contributed by atoms with Crippen LogP contribution in [0.15, 0.2) is 18.3 Å². The molecule has 0 aromatic carbocycles. The van der Waals surface area contributed by atoms with Gasteiger partial charge >= 0.3 is 0 Å². The van der Waals surface area contributed by atoms with Crippen LogP contribution in [-0.2, 0) is 4.74 Å². The molecule has 1 aliphatic heterocycles. The van der Waals surface area contributed by atoms with Gasteiger partial charge in [-0.3, -0.25) is 9.88 Å². The Morgan fingerprint density at radius 1 is 1.47 bits per heavy atom. The molecule has 4 nitrogen and oxygen atoms in total. The standard InChI is InChI=1S/C11H15N2O2/c1-2-11(10-12-3-1)15-9-6-13-4-7-14-8-5-13/h1-3H,4-9H2. The van der Waals surface area contributed by atoms with E-state index in [9.17, 15) is 0 Å². The first-order valence-corrected chi connectivity index (χ1v) is 5.21. The minimum Gasteiger partial charge on any atom is -0.490 e. The molecule has 0 aliphatic carbocycles. The molecule has 0 bridgehead atoms. The third-order valence-electron chi connectivity index (χ3n) is 2.35. The van der Waals surface area contributed by atoms with Gasteiger partial charge in [-0.15, -0.1) is 0 Å². The van der Waals surface area contributed by atoms with Crippen molar-refractivity contribution in [2.75, 3.05) is 39.5 Å². The zero-order chi connectivity index (χ0) is 10.3. The number of rotatable bonds is 4. The van der Waals surface area contributed by atoms with Gasteiger partial charge in [0.15, 0.2) is 0 Å². The second-order valence-electron chi connectivity index (χ2n) is 3.42. The van der Waals surface area contributed by atoms with Crippen LogP contribution in [0.4, 0.5) is 0 Å². The molecule has 2 rings (SSSR count). The molecule has 1 saturated heterocycles. The highest BCUT2D eigenvalue weighted by atomic mass is 16.5. The first-order chi connectivity index (χ1) is 7.45. The average Bonchev–Trinajstić information content (AvgIpc) is 2.32. The maximum atomic E-state index is 5.51. The third kappa shape index (κ3) is 3.49. The summed E-state index contributed by atoms with van der Waals surface area (Å²) in [6.45, 7) is 5.28. The van der Waals surface area contributed by atoms with Crippen molar-refractivity contribution in [3.8, 4) is 5.75 Å². The quantitative estimate of drug-likeness (QED) is 0.724. The van der Waals surface area contributed by atoms with Gasteiger partial charge in [0, 0.05) is 25.8 Å². The van der Waals surface area contributed by atoms with Crippen molar-refractivity contribution in [3.05, 3.63) is 24.5 Å². The van der Waals surface area contributed by atoms with Gasteiger partial charge in [0.05, 0.1) is 13.2 Å². The van der Waals surface area contributed by atoms with Crippen molar-refractivity contribution < 1.29 is 9.47 Å². The first-order valence-electron chi connectivity index (χ1n) is 5.21. The lowest BCUT2D eigenvalue weighted by Gasteiger charge is -2.26. The summed E-state index contributed by atoms with van der Waals surface area (Å²) in [6.07, 6.45) is 4.48. The molecule has 1 aromatic rings. The molecular weight excluding hydrogens is 192 g/mol. The van der Waals surface area contributed by atoms with Crippen molar-refractivity contribution in [1.82, 2.24) is 9.88 Å². The summed E-state index contributed by atoms with van der Waals surface area (Å²) in [7, 11) is 0. The number of pyridine rings is 1. The van der Waals surface area contributed by atoms with Crippen LogP contribution < -0.4 is 4.74 Å². The molecule has 0 unspecified atom stereocenters. The van der Waals surface area contributed by atoms with Crippen LogP contribution in [0.5, 0.6) is 5.75 Å². The monoisotopic (exact) mass is 207 g/mol. The molecule has 1 fully saturated rings. The minimum atomic E-state index is 0.683. The fraction of sp³-hybridized carbons (Fsp3) is 0.545. The van der Waals surface area contributed by atoms with E-state index < -0.39 is 0 Å². The zero-order valence-electron chi connectivity index (χ0n) is 8.69. The summed E-state index contributed by atoms with van der Waals surface area (Å²) in [4.78, 5) is 6.20. The maximum absolute atomic E-state index is 5.51. The van der Waals surface area contributed by atoms with E-state index in [1.165, 1.54) is 0 Å². The highest BCUT2D eigenvalue weighted by Crippen LogP contribution is 2.05. The van der Waals surface area contributed by atoms with Crippen LogP contribution in [-0.4, -0.2) is 49.3 Å². The molecule has 1 aliphatic rings. The number of nitrogens with zero attached hydrogens (tertiary/aromatic N) is 2. The number of hydrogen-bond donors (Lipinski definition) is 0. The van der Waals surface area contributed by atoms with Crippen LogP contribution >= 0.6 is 0 Å². The van der Waals surface area contributed by atoms with E-state index in [0.29, 0.717) is 12.4 Å². The van der Waals surface area contributed by atoms with Gasteiger partial charge in [0.1, 0.15) is 18.6 Å². The van der Waals surface area contributed by atoms with Gasteiger partial charge in [-0.25, -0.2) is 0 Å². The lowest BCUT2D eigenvalue weighted by molar-refractivity contribution is 0.0322. The van der Waals surface area contributed by atoms with Crippen molar-refractivity contribution in [3.63, 3.8) is 0 Å². The molecule has 0 atom stereocenters. The van der Waals surface area contributed by atoms with Gasteiger partial charge in [-0.05, 0) is 12.1 Å². The molecule has 0 saturated carbocycles. The summed E-state index contributed by atoms with van der Waals surface area (Å²) in [5.41, 5.74) is 0. The Hall–Kier alpha value is -1.13. The molecule has 15 heavy (non-hydrogen) atoms. The fourth-order valence-electron chi connectivity index (χ4n) is 1.50. The normalized spacial score (nSPS) is 17.6. The second-order valence-corrected chi connectivity index (χ2v) is 3.42. The Morgan fingerprint density at radius 2 is 2.33 bits per heavy atom. The topological polar surface area (TPSA) is 34.6 Å². The first kappa shape index (κ1) is 10.4. The molecule has 1 aromatic heterocycles. The lowest BCUT2D eigenvalue weighted by Crippen LogP contribution is -2.38. The molecule has 81 valence electrons. The minimum absolute atomic E-state index is 0.683. The van der Waals surface area contributed by atoms with E-state index >= 15 is 0 Å². The largest absolute Gasteiger partial charge is 0.490 e. The molecule has 2 heterocycles. The molecule has 0 amide bonds. The third-order valence-corrected chi connectivity index (χ3v) is 2.35. The van der Waals surface area contributed by atoms with E-state index in [-0.39, 0.29) is 0 Å². The van der Waals surface area contributed by atoms with Crippen molar-refractivity contribution in [2.45, 2.75) is 0 Å². The van der Waals surface area contributed by atoms with E-state index in [0.717, 1.165) is 32.8 Å². The summed E-state index contributed by atoms with van der Waals surface area (Å²) in [6, 6.07) is 3.72. The predicted molar refractivity (Wildman–Crippen MR) is 55.8 cm³/mol. The van der Waals surface area contributed by atoms with E-state index in [1.807, 2.05) is 12.1 Å². The van der Waals surface area contributed by atoms with Gasteiger partial charge in [-0.1, -0.05) is 0 Å². The molecular formula is C11H15N2O2. The van der Waals surface area contributed by atoms with Crippen molar-refractivity contribution >= 4 is 0 Å². The fourth-order valence-corrected chi connectivity index (χ4v) is 1.50. The average molecular weight is 207 g/mol. The number of aromatic nitrogens is 1. The summed E-state index contributed by atoms with van der Waals surface area (Å²) in [5, 5.41) is 0. The second kappa shape index (κ2) is 5.68. The maximum Gasteiger partial charge on any atom is 0.147 e. The lowest BCUT2D eigenvalue weighted by atomic mass is 10.4. The number of hydrogen-bond acceptors (Lipinski definition) is 4. The Kier molecular flexibility index (Phi) is 3.93. The van der Waals surface area contributed by atoms with Crippen LogP contribution in [0.25, 0.3) is 0 Å². The van der Waals surface area contributed by atoms with E-state index in [4.69, 9.17) is 9.47 Å². The summed E-state index contributed by atoms with van der Waals surface area (Å²) >= 11 is 0. The van der Waals surface area contributed by atoms with Gasteiger partial charge in [-0.2, -0.15) is 0 Å². The Balaban J connectivity index is 1.66. The van der Waals surface area contributed by atoms with Crippen LogP contribution in [0, 0.1) is 6.20 Å². The summed E-state index contributed by atoms with van der Waals surface area (Å²) < 4.78 is 10.8. The molecule has 0 spiro atoms. The van der Waals surface area contributed by atoms with Crippen LogP contribution in [0.1, 0.15) is 0 Å². The highest BCUT2D eigenvalue weighted by Gasteiger charge is 2.09. The SMILES string of the molecule is [c]1ncccc1OCCN1CCOCC1. The van der Waals surface area contributed by atoms with Crippen LogP contribution in [0.3, 0.4) is 0 Å². The van der Waals surface area contributed by atoms with Crippen molar-refractivity contribution in [2.24, 2.45) is 0 Å². The Morgan fingerprint density at radius 3 is 3.07 bits per heavy atom. The van der Waals surface area contributed by atoms with Crippen molar-refractivity contribution in [1.29, 1.82) is 0 Å². The van der Waals surface area contributed by atoms with Crippen LogP contribution in [0.2, 0.25) is 0 Å². The van der Waals surface area contributed by atoms with E-state index in [2.05, 4.69) is 16.1 Å². The van der Waals surface area contributed by atoms with Gasteiger partial charge < -0.3 is 9.47 Å². The molecule has 0 N–H and O–H groups in total. The van der Waals surface area contributed by atoms with E-state index in [1.54, 1.807) is 6.20 Å².